The molecule has 0 aromatic heterocycles. The molecule has 110 valence electrons. The first-order valence-electron chi connectivity index (χ1n) is 5.89. The Hall–Kier alpha value is -1.89. The number of para-hydroxylation sites is 1. The first-order valence-corrected chi connectivity index (χ1v) is 7.54. The fraction of sp³-hybridized carbons (Fsp3) is 0.385. The number of hydrogen-bond donors (Lipinski definition) is 2. The maximum Gasteiger partial charge on any atom is 0.324 e. The number of rotatable bonds is 5. The average Bonchev–Trinajstić information content (AvgIpc) is 2.31. The van der Waals surface area contributed by atoms with Crippen LogP contribution in [0.25, 0.3) is 0 Å². The van der Waals surface area contributed by atoms with Gasteiger partial charge in [0.1, 0.15) is 5.75 Å². The summed E-state index contributed by atoms with van der Waals surface area (Å²) in [5, 5.41) is 11.4. The number of hydrogen-bond acceptors (Lipinski definition) is 4. The van der Waals surface area contributed by atoms with Crippen molar-refractivity contribution in [3.05, 3.63) is 29.8 Å². The van der Waals surface area contributed by atoms with Crippen LogP contribution in [0.5, 0.6) is 0 Å². The SMILES string of the molecule is Cc1ccccc1NC(=O)CS(=O)(=O)C(C)(C)C(=O)O. The van der Waals surface area contributed by atoms with Crippen molar-refractivity contribution in [2.24, 2.45) is 0 Å². The largest absolute Gasteiger partial charge is 0.480 e. The summed E-state index contributed by atoms with van der Waals surface area (Å²) in [5.41, 5.74) is 1.29. The van der Waals surface area contributed by atoms with Gasteiger partial charge in [-0.15, -0.1) is 0 Å². The Bertz CT molecular complexity index is 634. The zero-order valence-electron chi connectivity index (χ0n) is 11.5. The van der Waals surface area contributed by atoms with Crippen LogP contribution in [0.15, 0.2) is 24.3 Å². The minimum absolute atomic E-state index is 0.501. The third kappa shape index (κ3) is 3.36. The van der Waals surface area contributed by atoms with Crippen LogP contribution in [-0.2, 0) is 19.4 Å². The van der Waals surface area contributed by atoms with Crippen LogP contribution in [-0.4, -0.2) is 35.9 Å². The Balaban J connectivity index is 2.87. The van der Waals surface area contributed by atoms with E-state index in [1.54, 1.807) is 31.2 Å². The van der Waals surface area contributed by atoms with E-state index in [4.69, 9.17) is 5.11 Å². The molecule has 0 fully saturated rings. The van der Waals surface area contributed by atoms with Crippen LogP contribution in [0.3, 0.4) is 0 Å². The topological polar surface area (TPSA) is 101 Å². The summed E-state index contributed by atoms with van der Waals surface area (Å²) >= 11 is 0. The molecule has 7 heteroatoms. The van der Waals surface area contributed by atoms with Gasteiger partial charge in [-0.05, 0) is 32.4 Å². The number of amides is 1. The molecule has 0 unspecified atom stereocenters. The van der Waals surface area contributed by atoms with Crippen molar-refractivity contribution in [3.8, 4) is 0 Å². The summed E-state index contributed by atoms with van der Waals surface area (Å²) in [6.45, 7) is 3.89. The second-order valence-corrected chi connectivity index (χ2v) is 7.48. The molecular weight excluding hydrogens is 282 g/mol. The van der Waals surface area contributed by atoms with Crippen LogP contribution >= 0.6 is 0 Å². The molecule has 2 N–H and O–H groups in total. The predicted octanol–water partition coefficient (Wildman–Crippen LogP) is 1.21. The summed E-state index contributed by atoms with van der Waals surface area (Å²) in [7, 11) is -4.10. The molecular formula is C13H17NO5S. The summed E-state index contributed by atoms with van der Waals surface area (Å²) in [5.74, 6) is -3.12. The van der Waals surface area contributed by atoms with E-state index < -0.39 is 32.2 Å². The maximum absolute atomic E-state index is 11.9. The van der Waals surface area contributed by atoms with Gasteiger partial charge < -0.3 is 10.4 Å². The fourth-order valence-electron chi connectivity index (χ4n) is 1.39. The molecule has 0 aliphatic rings. The Morgan fingerprint density at radius 1 is 1.25 bits per heavy atom. The lowest BCUT2D eigenvalue weighted by Crippen LogP contribution is -2.44. The Morgan fingerprint density at radius 2 is 1.80 bits per heavy atom. The van der Waals surface area contributed by atoms with Crippen molar-refractivity contribution in [1.29, 1.82) is 0 Å². The highest BCUT2D eigenvalue weighted by Gasteiger charge is 2.42. The minimum atomic E-state index is -4.10. The Kier molecular flexibility index (Phi) is 4.54. The Labute approximate surface area is 117 Å². The predicted molar refractivity (Wildman–Crippen MR) is 75.3 cm³/mol. The molecule has 0 saturated heterocycles. The lowest BCUT2D eigenvalue weighted by molar-refractivity contribution is -0.139. The number of carboxylic acids is 1. The molecule has 0 spiro atoms. The molecule has 1 amide bonds. The highest BCUT2D eigenvalue weighted by molar-refractivity contribution is 7.94. The van der Waals surface area contributed by atoms with Gasteiger partial charge in [0.25, 0.3) is 0 Å². The first kappa shape index (κ1) is 16.2. The molecule has 0 bridgehead atoms. The normalized spacial score (nSPS) is 11.9. The molecule has 6 nitrogen and oxygen atoms in total. The molecule has 0 atom stereocenters. The third-order valence-corrected chi connectivity index (χ3v) is 5.40. The lowest BCUT2D eigenvalue weighted by Gasteiger charge is -2.19. The second-order valence-electron chi connectivity index (χ2n) is 4.94. The standard InChI is InChI=1S/C13H17NO5S/c1-9-6-4-5-7-10(9)14-11(15)8-20(18,19)13(2,3)12(16)17/h4-7H,8H2,1-3H3,(H,14,15)(H,16,17). The number of sulfone groups is 1. The minimum Gasteiger partial charge on any atom is -0.480 e. The molecule has 0 heterocycles. The summed E-state index contributed by atoms with van der Waals surface area (Å²) in [6, 6.07) is 6.90. The average molecular weight is 299 g/mol. The smallest absolute Gasteiger partial charge is 0.324 e. The summed E-state index contributed by atoms with van der Waals surface area (Å²) < 4.78 is 21.9. The van der Waals surface area contributed by atoms with Gasteiger partial charge in [-0.25, -0.2) is 8.42 Å². The van der Waals surface area contributed by atoms with Crippen molar-refractivity contribution in [1.82, 2.24) is 0 Å². The molecule has 0 saturated carbocycles. The number of benzene rings is 1. The van der Waals surface area contributed by atoms with Crippen molar-refractivity contribution in [2.45, 2.75) is 25.5 Å². The van der Waals surface area contributed by atoms with E-state index in [0.717, 1.165) is 19.4 Å². The van der Waals surface area contributed by atoms with Gasteiger partial charge in [-0.3, -0.25) is 9.59 Å². The van der Waals surface area contributed by atoms with Crippen molar-refractivity contribution < 1.29 is 23.1 Å². The van der Waals surface area contributed by atoms with Gasteiger partial charge in [-0.2, -0.15) is 0 Å². The summed E-state index contributed by atoms with van der Waals surface area (Å²) in [6.07, 6.45) is 0. The van der Waals surface area contributed by atoms with E-state index in [2.05, 4.69) is 5.32 Å². The quantitative estimate of drug-likeness (QED) is 0.851. The number of aryl methyl sites for hydroxylation is 1. The van der Waals surface area contributed by atoms with Crippen molar-refractivity contribution in [2.75, 3.05) is 11.1 Å². The van der Waals surface area contributed by atoms with E-state index in [1.165, 1.54) is 0 Å². The van der Waals surface area contributed by atoms with E-state index in [1.807, 2.05) is 0 Å². The number of carboxylic acid groups (broad SMARTS) is 1. The highest BCUT2D eigenvalue weighted by atomic mass is 32.2. The van der Waals surface area contributed by atoms with E-state index >= 15 is 0 Å². The summed E-state index contributed by atoms with van der Waals surface area (Å²) in [4.78, 5) is 22.7. The zero-order chi connectivity index (χ0) is 15.6. The third-order valence-electron chi connectivity index (χ3n) is 3.03. The van der Waals surface area contributed by atoms with Gasteiger partial charge >= 0.3 is 5.97 Å². The van der Waals surface area contributed by atoms with Crippen LogP contribution < -0.4 is 5.32 Å². The number of nitrogens with one attached hydrogen (secondary N) is 1. The van der Waals surface area contributed by atoms with Gasteiger partial charge in [-0.1, -0.05) is 18.2 Å². The van der Waals surface area contributed by atoms with Crippen LogP contribution in [0.2, 0.25) is 0 Å². The molecule has 0 radical (unpaired) electrons. The maximum atomic E-state index is 11.9. The van der Waals surface area contributed by atoms with Crippen molar-refractivity contribution >= 4 is 27.4 Å². The number of anilines is 1. The number of carbonyl (C=O) groups excluding carboxylic acids is 1. The van der Waals surface area contributed by atoms with Crippen molar-refractivity contribution in [3.63, 3.8) is 0 Å². The van der Waals surface area contributed by atoms with E-state index in [9.17, 15) is 18.0 Å². The van der Waals surface area contributed by atoms with Crippen LogP contribution in [0.4, 0.5) is 5.69 Å². The number of carbonyl (C=O) groups is 2. The van der Waals surface area contributed by atoms with Crippen LogP contribution in [0, 0.1) is 6.92 Å². The van der Waals surface area contributed by atoms with Gasteiger partial charge in [0, 0.05) is 5.69 Å². The molecule has 1 aromatic rings. The fourth-order valence-corrected chi connectivity index (χ4v) is 2.43. The number of aliphatic carboxylic acids is 1. The second kappa shape index (κ2) is 5.62. The molecule has 1 aromatic carbocycles. The Morgan fingerprint density at radius 3 is 2.30 bits per heavy atom. The van der Waals surface area contributed by atoms with E-state index in [-0.39, 0.29) is 0 Å². The van der Waals surface area contributed by atoms with E-state index in [0.29, 0.717) is 5.69 Å². The zero-order valence-corrected chi connectivity index (χ0v) is 12.3. The molecule has 1 rings (SSSR count). The van der Waals surface area contributed by atoms with Gasteiger partial charge in [0.2, 0.25) is 5.91 Å². The molecule has 0 aliphatic carbocycles. The molecule has 20 heavy (non-hydrogen) atoms. The lowest BCUT2D eigenvalue weighted by atomic mass is 10.2. The monoisotopic (exact) mass is 299 g/mol. The van der Waals surface area contributed by atoms with Gasteiger partial charge in [0.05, 0.1) is 0 Å². The highest BCUT2D eigenvalue weighted by Crippen LogP contribution is 2.19. The molecule has 0 aliphatic heterocycles. The first-order chi connectivity index (χ1) is 9.08. The van der Waals surface area contributed by atoms with Crippen LogP contribution in [0.1, 0.15) is 19.4 Å². The van der Waals surface area contributed by atoms with Gasteiger partial charge in [0.15, 0.2) is 14.6 Å².